The molecule has 0 atom stereocenters. The van der Waals surface area contributed by atoms with Crippen LogP contribution < -0.4 is 10.1 Å². The van der Waals surface area contributed by atoms with Crippen molar-refractivity contribution in [2.45, 2.75) is 24.7 Å². The number of nitrogens with zero attached hydrogens (tertiary/aromatic N) is 1. The molecule has 3 rings (SSSR count). The number of carbonyl (C=O) groups excluding carboxylic acids is 1. The van der Waals surface area contributed by atoms with E-state index in [0.29, 0.717) is 36.0 Å². The Balaban J connectivity index is 1.94. The average molecular weight is 409 g/mol. The maximum absolute atomic E-state index is 13.0. The van der Waals surface area contributed by atoms with Crippen LogP contribution in [0.25, 0.3) is 0 Å². The van der Waals surface area contributed by atoms with Gasteiger partial charge in [-0.3, -0.25) is 4.79 Å². The summed E-state index contributed by atoms with van der Waals surface area (Å²) >= 11 is 6.06. The minimum atomic E-state index is -3.69. The third-order valence-electron chi connectivity index (χ3n) is 4.30. The Kier molecular flexibility index (Phi) is 6.04. The van der Waals surface area contributed by atoms with E-state index in [4.69, 9.17) is 16.3 Å². The molecule has 8 heteroatoms. The molecule has 1 aliphatic rings. The average Bonchev–Trinajstić information content (AvgIpc) is 3.19. The van der Waals surface area contributed by atoms with Gasteiger partial charge in [-0.2, -0.15) is 4.31 Å². The van der Waals surface area contributed by atoms with Crippen molar-refractivity contribution in [2.24, 2.45) is 0 Å². The molecule has 0 aliphatic carbocycles. The van der Waals surface area contributed by atoms with Gasteiger partial charge in [0.25, 0.3) is 5.91 Å². The van der Waals surface area contributed by atoms with Gasteiger partial charge in [0.15, 0.2) is 0 Å². The molecule has 1 heterocycles. The summed E-state index contributed by atoms with van der Waals surface area (Å²) in [4.78, 5) is 12.5. The maximum atomic E-state index is 13.0. The van der Waals surface area contributed by atoms with Crippen LogP contribution in [0.5, 0.6) is 5.75 Å². The molecule has 6 nitrogen and oxygen atoms in total. The largest absolute Gasteiger partial charge is 0.492 e. The number of ether oxygens (including phenoxy) is 1. The van der Waals surface area contributed by atoms with E-state index in [-0.39, 0.29) is 10.6 Å². The van der Waals surface area contributed by atoms with Crippen molar-refractivity contribution in [3.8, 4) is 5.75 Å². The van der Waals surface area contributed by atoms with Crippen LogP contribution in [0.4, 0.5) is 5.69 Å². The van der Waals surface area contributed by atoms with Gasteiger partial charge >= 0.3 is 0 Å². The van der Waals surface area contributed by atoms with E-state index in [1.165, 1.54) is 10.4 Å². The monoisotopic (exact) mass is 408 g/mol. The number of carbonyl (C=O) groups is 1. The molecule has 0 spiro atoms. The SMILES string of the molecule is CCOc1ccc(NC(=O)c2ccccc2Cl)cc1S(=O)(=O)N1CCCC1. The first kappa shape index (κ1) is 19.7. The summed E-state index contributed by atoms with van der Waals surface area (Å²) in [7, 11) is -3.69. The van der Waals surface area contributed by atoms with E-state index in [1.54, 1.807) is 43.3 Å². The van der Waals surface area contributed by atoms with Crippen molar-refractivity contribution < 1.29 is 17.9 Å². The van der Waals surface area contributed by atoms with Crippen LogP contribution in [0.2, 0.25) is 5.02 Å². The topological polar surface area (TPSA) is 75.7 Å². The summed E-state index contributed by atoms with van der Waals surface area (Å²) in [6, 6.07) is 11.3. The highest BCUT2D eigenvalue weighted by atomic mass is 35.5. The maximum Gasteiger partial charge on any atom is 0.257 e. The quantitative estimate of drug-likeness (QED) is 0.789. The molecule has 2 aromatic carbocycles. The summed E-state index contributed by atoms with van der Waals surface area (Å²) in [6.45, 7) is 3.11. The number of nitrogens with one attached hydrogen (secondary N) is 1. The van der Waals surface area contributed by atoms with Crippen molar-refractivity contribution in [3.05, 3.63) is 53.1 Å². The van der Waals surface area contributed by atoms with E-state index in [2.05, 4.69) is 5.32 Å². The van der Waals surface area contributed by atoms with Gasteiger partial charge in [-0.1, -0.05) is 23.7 Å². The smallest absolute Gasteiger partial charge is 0.257 e. The number of halogens is 1. The molecule has 0 radical (unpaired) electrons. The Morgan fingerprint density at radius 1 is 1.19 bits per heavy atom. The number of benzene rings is 2. The van der Waals surface area contributed by atoms with Crippen LogP contribution in [0, 0.1) is 0 Å². The molecule has 1 saturated heterocycles. The fourth-order valence-corrected chi connectivity index (χ4v) is 4.87. The zero-order chi connectivity index (χ0) is 19.4. The second-order valence-electron chi connectivity index (χ2n) is 6.14. The standard InChI is InChI=1S/C19H21ClN2O4S/c1-2-26-17-10-9-14(21-19(23)15-7-3-4-8-16(15)20)13-18(17)27(24,25)22-11-5-6-12-22/h3-4,7-10,13H,2,5-6,11-12H2,1H3,(H,21,23). The van der Waals surface area contributed by atoms with E-state index in [9.17, 15) is 13.2 Å². The Hall–Kier alpha value is -2.09. The van der Waals surface area contributed by atoms with Crippen LogP contribution in [-0.2, 0) is 10.0 Å². The highest BCUT2D eigenvalue weighted by Gasteiger charge is 2.30. The van der Waals surface area contributed by atoms with Crippen LogP contribution >= 0.6 is 11.6 Å². The number of rotatable bonds is 6. The highest BCUT2D eigenvalue weighted by Crippen LogP contribution is 2.32. The van der Waals surface area contributed by atoms with Gasteiger partial charge in [-0.15, -0.1) is 0 Å². The van der Waals surface area contributed by atoms with Gasteiger partial charge in [0.1, 0.15) is 10.6 Å². The number of anilines is 1. The minimum absolute atomic E-state index is 0.0585. The first-order valence-corrected chi connectivity index (χ1v) is 10.6. The van der Waals surface area contributed by atoms with Gasteiger partial charge in [0.2, 0.25) is 10.0 Å². The molecule has 27 heavy (non-hydrogen) atoms. The van der Waals surface area contributed by atoms with Crippen molar-refractivity contribution >= 4 is 33.2 Å². The Labute approximate surface area is 164 Å². The number of hydrogen-bond donors (Lipinski definition) is 1. The predicted molar refractivity (Wildman–Crippen MR) is 105 cm³/mol. The molecule has 0 unspecified atom stereocenters. The Morgan fingerprint density at radius 3 is 2.56 bits per heavy atom. The second kappa shape index (κ2) is 8.29. The van der Waals surface area contributed by atoms with E-state index in [1.807, 2.05) is 0 Å². The number of sulfonamides is 1. The lowest BCUT2D eigenvalue weighted by Gasteiger charge is -2.19. The van der Waals surface area contributed by atoms with Crippen LogP contribution in [0.15, 0.2) is 47.4 Å². The van der Waals surface area contributed by atoms with Gasteiger partial charge in [0.05, 0.1) is 17.2 Å². The summed E-state index contributed by atoms with van der Waals surface area (Å²) in [5, 5.41) is 3.03. The lowest BCUT2D eigenvalue weighted by Crippen LogP contribution is -2.28. The van der Waals surface area contributed by atoms with E-state index >= 15 is 0 Å². The van der Waals surface area contributed by atoms with Crippen molar-refractivity contribution in [3.63, 3.8) is 0 Å². The molecule has 1 N–H and O–H groups in total. The van der Waals surface area contributed by atoms with E-state index < -0.39 is 15.9 Å². The molecule has 1 aliphatic heterocycles. The summed E-state index contributed by atoms with van der Waals surface area (Å²) in [5.74, 6) is -0.130. The molecular formula is C19H21ClN2O4S. The Bertz CT molecular complexity index is 940. The number of amides is 1. The minimum Gasteiger partial charge on any atom is -0.492 e. The van der Waals surface area contributed by atoms with Gasteiger partial charge in [0, 0.05) is 18.8 Å². The molecule has 1 amide bonds. The van der Waals surface area contributed by atoms with Gasteiger partial charge in [-0.25, -0.2) is 8.42 Å². The second-order valence-corrected chi connectivity index (χ2v) is 8.45. The van der Waals surface area contributed by atoms with Crippen molar-refractivity contribution in [2.75, 3.05) is 25.0 Å². The third kappa shape index (κ3) is 4.26. The Morgan fingerprint density at radius 2 is 1.89 bits per heavy atom. The fourth-order valence-electron chi connectivity index (χ4n) is 2.97. The molecular weight excluding hydrogens is 388 g/mol. The van der Waals surface area contributed by atoms with Crippen LogP contribution in [0.3, 0.4) is 0 Å². The number of hydrogen-bond acceptors (Lipinski definition) is 4. The van der Waals surface area contributed by atoms with Crippen LogP contribution in [-0.4, -0.2) is 38.3 Å². The fraction of sp³-hybridized carbons (Fsp3) is 0.316. The molecule has 144 valence electrons. The van der Waals surface area contributed by atoms with Crippen molar-refractivity contribution in [1.82, 2.24) is 4.31 Å². The molecule has 0 aromatic heterocycles. The molecule has 0 saturated carbocycles. The van der Waals surface area contributed by atoms with Gasteiger partial charge in [-0.05, 0) is 50.1 Å². The first-order chi connectivity index (χ1) is 12.9. The molecule has 0 bridgehead atoms. The van der Waals surface area contributed by atoms with Crippen molar-refractivity contribution in [1.29, 1.82) is 0 Å². The van der Waals surface area contributed by atoms with Gasteiger partial charge < -0.3 is 10.1 Å². The zero-order valence-corrected chi connectivity index (χ0v) is 16.5. The van der Waals surface area contributed by atoms with E-state index in [0.717, 1.165) is 12.8 Å². The molecule has 1 fully saturated rings. The summed E-state index contributed by atoms with van der Waals surface area (Å²) in [6.07, 6.45) is 1.68. The third-order valence-corrected chi connectivity index (χ3v) is 6.55. The summed E-state index contributed by atoms with van der Waals surface area (Å²) < 4.78 is 33.0. The highest BCUT2D eigenvalue weighted by molar-refractivity contribution is 7.89. The normalized spacial score (nSPS) is 14.9. The molecule has 2 aromatic rings. The lowest BCUT2D eigenvalue weighted by atomic mass is 10.2. The lowest BCUT2D eigenvalue weighted by molar-refractivity contribution is 0.102. The zero-order valence-electron chi connectivity index (χ0n) is 14.9. The first-order valence-electron chi connectivity index (χ1n) is 8.76. The predicted octanol–water partition coefficient (Wildman–Crippen LogP) is 3.78. The summed E-state index contributed by atoms with van der Waals surface area (Å²) in [5.41, 5.74) is 0.679. The van der Waals surface area contributed by atoms with Crippen LogP contribution in [0.1, 0.15) is 30.1 Å².